The molecule has 2 nitrogen and oxygen atoms in total. The van der Waals surface area contributed by atoms with Crippen LogP contribution in [0.15, 0.2) is 24.3 Å². The van der Waals surface area contributed by atoms with E-state index in [-0.39, 0.29) is 11.5 Å². The second-order valence-corrected chi connectivity index (χ2v) is 4.35. The van der Waals surface area contributed by atoms with Crippen molar-refractivity contribution in [2.75, 3.05) is 0 Å². The molecule has 0 radical (unpaired) electrons. The number of hydrogen-bond donors (Lipinski definition) is 2. The van der Waals surface area contributed by atoms with Crippen molar-refractivity contribution in [3.63, 3.8) is 0 Å². The molecule has 0 fully saturated rings. The normalized spacial score (nSPS) is 10.7. The molecule has 0 bridgehead atoms. The average Bonchev–Trinajstić information content (AvgIpc) is 2.17. The van der Waals surface area contributed by atoms with Gasteiger partial charge in [-0.05, 0) is 12.1 Å². The van der Waals surface area contributed by atoms with E-state index in [2.05, 4.69) is 18.5 Å². The Bertz CT molecular complexity index is 462. The van der Waals surface area contributed by atoms with Crippen LogP contribution in [0.3, 0.4) is 0 Å². The number of phenols is 2. The molecule has 14 heavy (non-hydrogen) atoms. The summed E-state index contributed by atoms with van der Waals surface area (Å²) in [6, 6.07) is 7.10. The van der Waals surface area contributed by atoms with Crippen LogP contribution in [0.25, 0.3) is 10.8 Å². The maximum absolute atomic E-state index is 9.73. The van der Waals surface area contributed by atoms with E-state index in [1.165, 1.54) is 0 Å². The lowest BCUT2D eigenvalue weighted by Gasteiger charge is -2.07. The lowest BCUT2D eigenvalue weighted by Crippen LogP contribution is -1.96. The molecule has 0 aliphatic rings. The highest BCUT2D eigenvalue weighted by Crippen LogP contribution is 2.30. The Morgan fingerprint density at radius 1 is 0.714 bits per heavy atom. The molecule has 2 unspecified atom stereocenters. The summed E-state index contributed by atoms with van der Waals surface area (Å²) in [5.41, 5.74) is 0. The van der Waals surface area contributed by atoms with Gasteiger partial charge in [-0.15, -0.1) is 18.5 Å². The van der Waals surface area contributed by atoms with Gasteiger partial charge in [0.25, 0.3) is 0 Å². The fourth-order valence-corrected chi connectivity index (χ4v) is 1.91. The monoisotopic (exact) mass is 224 g/mol. The second kappa shape index (κ2) is 3.38. The average molecular weight is 224 g/mol. The Morgan fingerprint density at radius 2 is 1.07 bits per heavy atom. The summed E-state index contributed by atoms with van der Waals surface area (Å²) in [5.74, 6) is 0.403. The number of rotatable bonds is 0. The molecule has 0 amide bonds. The fourth-order valence-electron chi connectivity index (χ4n) is 1.41. The van der Waals surface area contributed by atoms with Crippen molar-refractivity contribution in [3.05, 3.63) is 24.3 Å². The Labute approximate surface area is 86.4 Å². The van der Waals surface area contributed by atoms with E-state index in [9.17, 15) is 10.2 Å². The van der Waals surface area contributed by atoms with E-state index < -0.39 is 0 Å². The van der Waals surface area contributed by atoms with E-state index in [1.807, 2.05) is 0 Å². The molecular formula is C10H10O2P2. The van der Waals surface area contributed by atoms with E-state index in [0.29, 0.717) is 10.8 Å². The Kier molecular flexibility index (Phi) is 2.34. The third-order valence-corrected chi connectivity index (χ3v) is 3.14. The molecule has 0 aliphatic carbocycles. The summed E-state index contributed by atoms with van der Waals surface area (Å²) in [6.45, 7) is 0. The zero-order valence-corrected chi connectivity index (χ0v) is 9.67. The maximum atomic E-state index is 9.73. The van der Waals surface area contributed by atoms with Crippen LogP contribution in [0.2, 0.25) is 0 Å². The Balaban J connectivity index is 2.94. The summed E-state index contributed by atoms with van der Waals surface area (Å²) in [4.78, 5) is 0. The first-order chi connectivity index (χ1) is 6.61. The van der Waals surface area contributed by atoms with Crippen molar-refractivity contribution >= 4 is 39.9 Å². The molecule has 0 saturated carbocycles. The van der Waals surface area contributed by atoms with Crippen LogP contribution in [-0.4, -0.2) is 10.2 Å². The minimum Gasteiger partial charge on any atom is -0.507 e. The molecule has 0 heterocycles. The van der Waals surface area contributed by atoms with Crippen molar-refractivity contribution in [3.8, 4) is 11.5 Å². The molecule has 0 aromatic heterocycles. The quantitative estimate of drug-likeness (QED) is 0.661. The maximum Gasteiger partial charge on any atom is 0.130 e. The minimum absolute atomic E-state index is 0.202. The van der Waals surface area contributed by atoms with E-state index >= 15 is 0 Å². The van der Waals surface area contributed by atoms with E-state index in [1.54, 1.807) is 24.3 Å². The topological polar surface area (TPSA) is 40.5 Å². The SMILES string of the molecule is Oc1c(P)ccc2c(O)c(P)ccc12. The highest BCUT2D eigenvalue weighted by Gasteiger charge is 2.07. The van der Waals surface area contributed by atoms with Gasteiger partial charge >= 0.3 is 0 Å². The van der Waals surface area contributed by atoms with Crippen LogP contribution in [0.4, 0.5) is 0 Å². The van der Waals surface area contributed by atoms with E-state index in [0.717, 1.165) is 10.6 Å². The van der Waals surface area contributed by atoms with Crippen LogP contribution < -0.4 is 10.6 Å². The number of benzene rings is 2. The largest absolute Gasteiger partial charge is 0.507 e. The number of hydrogen-bond acceptors (Lipinski definition) is 2. The molecule has 4 heteroatoms. The molecule has 0 aliphatic heterocycles. The smallest absolute Gasteiger partial charge is 0.130 e. The zero-order valence-electron chi connectivity index (χ0n) is 7.36. The van der Waals surface area contributed by atoms with E-state index in [4.69, 9.17) is 0 Å². The first-order valence-electron chi connectivity index (χ1n) is 4.10. The Hall–Kier alpha value is -0.840. The van der Waals surface area contributed by atoms with Gasteiger partial charge in [0.05, 0.1) is 0 Å². The van der Waals surface area contributed by atoms with Gasteiger partial charge in [0.1, 0.15) is 11.5 Å². The predicted molar refractivity (Wildman–Crippen MR) is 66.0 cm³/mol. The van der Waals surface area contributed by atoms with Crippen molar-refractivity contribution < 1.29 is 10.2 Å². The minimum atomic E-state index is 0.202. The van der Waals surface area contributed by atoms with Gasteiger partial charge in [0.2, 0.25) is 0 Å². The lowest BCUT2D eigenvalue weighted by molar-refractivity contribution is 0.480. The predicted octanol–water partition coefficient (Wildman–Crippen LogP) is 1.25. The van der Waals surface area contributed by atoms with Crippen LogP contribution in [0, 0.1) is 0 Å². The van der Waals surface area contributed by atoms with Gasteiger partial charge in [-0.3, -0.25) is 0 Å². The van der Waals surface area contributed by atoms with Gasteiger partial charge in [0.15, 0.2) is 0 Å². The second-order valence-electron chi connectivity index (χ2n) is 3.10. The van der Waals surface area contributed by atoms with Crippen molar-refractivity contribution in [2.24, 2.45) is 0 Å². The van der Waals surface area contributed by atoms with Gasteiger partial charge in [-0.2, -0.15) is 0 Å². The summed E-state index contributed by atoms with van der Waals surface area (Å²) >= 11 is 0. The molecule has 2 aromatic carbocycles. The highest BCUT2D eigenvalue weighted by molar-refractivity contribution is 7.28. The fraction of sp³-hybridized carbons (Fsp3) is 0. The summed E-state index contributed by atoms with van der Waals surface area (Å²) < 4.78 is 0. The molecule has 2 atom stereocenters. The van der Waals surface area contributed by atoms with Crippen molar-refractivity contribution in [2.45, 2.75) is 0 Å². The summed E-state index contributed by atoms with van der Waals surface area (Å²) in [7, 11) is 4.90. The molecule has 0 spiro atoms. The van der Waals surface area contributed by atoms with Crippen LogP contribution in [0.1, 0.15) is 0 Å². The highest BCUT2D eigenvalue weighted by atomic mass is 31.0. The molecule has 72 valence electrons. The zero-order chi connectivity index (χ0) is 10.3. The third-order valence-electron chi connectivity index (χ3n) is 2.21. The van der Waals surface area contributed by atoms with Crippen LogP contribution in [-0.2, 0) is 0 Å². The number of phenolic OH excluding ortho intramolecular Hbond substituents is 2. The summed E-state index contributed by atoms with van der Waals surface area (Å²) in [5, 5.41) is 22.3. The number of fused-ring (bicyclic) bond motifs is 1. The van der Waals surface area contributed by atoms with Crippen molar-refractivity contribution in [1.29, 1.82) is 0 Å². The van der Waals surface area contributed by atoms with Gasteiger partial charge in [0, 0.05) is 21.4 Å². The Morgan fingerprint density at radius 3 is 1.43 bits per heavy atom. The van der Waals surface area contributed by atoms with Gasteiger partial charge in [-0.25, -0.2) is 0 Å². The van der Waals surface area contributed by atoms with Crippen LogP contribution >= 0.6 is 18.5 Å². The third kappa shape index (κ3) is 1.35. The number of aromatic hydroxyl groups is 2. The molecule has 2 rings (SSSR count). The van der Waals surface area contributed by atoms with Gasteiger partial charge < -0.3 is 10.2 Å². The summed E-state index contributed by atoms with van der Waals surface area (Å²) in [6.07, 6.45) is 0. The first-order valence-corrected chi connectivity index (χ1v) is 5.25. The molecule has 2 aromatic rings. The van der Waals surface area contributed by atoms with Crippen LogP contribution in [0.5, 0.6) is 11.5 Å². The first kappa shape index (κ1) is 9.71. The van der Waals surface area contributed by atoms with Crippen molar-refractivity contribution in [1.82, 2.24) is 0 Å². The molecule has 0 saturated heterocycles. The molecular weight excluding hydrogens is 214 g/mol. The lowest BCUT2D eigenvalue weighted by atomic mass is 10.1. The van der Waals surface area contributed by atoms with Gasteiger partial charge in [-0.1, -0.05) is 12.1 Å². The molecule has 2 N–H and O–H groups in total. The standard InChI is InChI=1S/C10H10O2P2/c11-9-5-1-3-7(13)10(12)6(5)2-4-8(9)14/h1-4,11-12H,13-14H2.